The van der Waals surface area contributed by atoms with Crippen molar-refractivity contribution in [1.82, 2.24) is 9.55 Å². The fourth-order valence-electron chi connectivity index (χ4n) is 3.55. The van der Waals surface area contributed by atoms with Crippen LogP contribution in [0.1, 0.15) is 49.8 Å². The van der Waals surface area contributed by atoms with E-state index >= 15 is 0 Å². The Morgan fingerprint density at radius 1 is 1.21 bits per heavy atom. The average Bonchev–Trinajstić information content (AvgIpc) is 2.56. The van der Waals surface area contributed by atoms with Crippen LogP contribution in [-0.2, 0) is 0 Å². The molecule has 1 aliphatic heterocycles. The smallest absolute Gasteiger partial charge is 0.331 e. The lowest BCUT2D eigenvalue weighted by atomic mass is 9.91. The number of allylic oxidation sites excluding steroid dienone is 1. The van der Waals surface area contributed by atoms with Crippen LogP contribution in [0.4, 0.5) is 0 Å². The molecule has 1 fully saturated rings. The van der Waals surface area contributed by atoms with E-state index in [1.165, 1.54) is 4.57 Å². The molecule has 0 unspecified atom stereocenters. The summed E-state index contributed by atoms with van der Waals surface area (Å²) in [7, 11) is 0. The van der Waals surface area contributed by atoms with Gasteiger partial charge in [-0.05, 0) is 36.8 Å². The summed E-state index contributed by atoms with van der Waals surface area (Å²) >= 11 is 0. The lowest BCUT2D eigenvalue weighted by molar-refractivity contribution is 0.287. The van der Waals surface area contributed by atoms with Gasteiger partial charge in [0.15, 0.2) is 0 Å². The highest BCUT2D eigenvalue weighted by Crippen LogP contribution is 2.36. The van der Waals surface area contributed by atoms with E-state index in [1.807, 2.05) is 37.3 Å². The number of benzene rings is 1. The third kappa shape index (κ3) is 2.23. The van der Waals surface area contributed by atoms with Crippen LogP contribution in [0.2, 0.25) is 0 Å². The van der Waals surface area contributed by atoms with Crippen molar-refractivity contribution < 1.29 is 4.74 Å². The zero-order chi connectivity index (χ0) is 16.7. The Morgan fingerprint density at radius 3 is 2.58 bits per heavy atom. The Bertz CT molecular complexity index is 918. The van der Waals surface area contributed by atoms with Gasteiger partial charge < -0.3 is 4.74 Å². The number of hydrogen-bond acceptors (Lipinski definition) is 3. The number of fused-ring (bicyclic) bond motifs is 1. The van der Waals surface area contributed by atoms with Crippen molar-refractivity contribution >= 4 is 11.1 Å². The number of aromatic nitrogens is 2. The third-order valence-corrected chi connectivity index (χ3v) is 5.04. The predicted molar refractivity (Wildman–Crippen MR) is 93.3 cm³/mol. The molecule has 5 nitrogen and oxygen atoms in total. The average molecular weight is 324 g/mol. The lowest BCUT2D eigenvalue weighted by Gasteiger charge is -2.29. The largest absolute Gasteiger partial charge is 0.473 e. The van der Waals surface area contributed by atoms with Gasteiger partial charge in [-0.1, -0.05) is 37.3 Å². The van der Waals surface area contributed by atoms with Gasteiger partial charge in [-0.15, -0.1) is 0 Å². The summed E-state index contributed by atoms with van der Waals surface area (Å²) in [5.41, 5.74) is 2.99. The Labute approximate surface area is 139 Å². The molecule has 2 heterocycles. The van der Waals surface area contributed by atoms with Crippen LogP contribution in [0, 0.1) is 0 Å². The van der Waals surface area contributed by atoms with Crippen LogP contribution in [0.5, 0.6) is 5.88 Å². The maximum absolute atomic E-state index is 13.0. The molecule has 2 aromatic rings. The van der Waals surface area contributed by atoms with Crippen LogP contribution in [-0.4, -0.2) is 16.2 Å². The SMILES string of the molecule is CCC1=C(c2ccccc2)COc2[nH]c(=O)n(C3CCC3)c(=O)c21. The number of nitrogens with zero attached hydrogens (tertiary/aromatic N) is 1. The van der Waals surface area contributed by atoms with Crippen molar-refractivity contribution in [3.8, 4) is 5.88 Å². The van der Waals surface area contributed by atoms with Gasteiger partial charge in [0.1, 0.15) is 12.2 Å². The van der Waals surface area contributed by atoms with E-state index in [0.717, 1.165) is 36.0 Å². The van der Waals surface area contributed by atoms with Crippen molar-refractivity contribution in [3.63, 3.8) is 0 Å². The van der Waals surface area contributed by atoms with Gasteiger partial charge in [0.05, 0.1) is 0 Å². The van der Waals surface area contributed by atoms with Gasteiger partial charge in [0.25, 0.3) is 5.56 Å². The summed E-state index contributed by atoms with van der Waals surface area (Å²) in [5, 5.41) is 0. The second kappa shape index (κ2) is 5.82. The van der Waals surface area contributed by atoms with Crippen molar-refractivity contribution in [2.24, 2.45) is 0 Å². The minimum absolute atomic E-state index is 0.0201. The molecular formula is C19H20N2O3. The minimum Gasteiger partial charge on any atom is -0.473 e. The first-order chi connectivity index (χ1) is 11.7. The summed E-state index contributed by atoms with van der Waals surface area (Å²) in [5.74, 6) is 0.317. The normalized spacial score (nSPS) is 17.2. The summed E-state index contributed by atoms with van der Waals surface area (Å²) in [6.07, 6.45) is 3.56. The van der Waals surface area contributed by atoms with E-state index in [1.54, 1.807) is 0 Å². The molecule has 0 atom stereocenters. The van der Waals surface area contributed by atoms with Crippen molar-refractivity contribution in [2.45, 2.75) is 38.6 Å². The van der Waals surface area contributed by atoms with E-state index in [4.69, 9.17) is 4.74 Å². The van der Waals surface area contributed by atoms with Gasteiger partial charge in [-0.2, -0.15) is 0 Å². The first-order valence-corrected chi connectivity index (χ1v) is 8.50. The number of nitrogens with one attached hydrogen (secondary N) is 1. The molecule has 1 aliphatic carbocycles. The summed E-state index contributed by atoms with van der Waals surface area (Å²) < 4.78 is 7.13. The second-order valence-electron chi connectivity index (χ2n) is 6.36. The number of hydrogen-bond donors (Lipinski definition) is 1. The number of ether oxygens (including phenoxy) is 1. The Kier molecular flexibility index (Phi) is 3.63. The highest BCUT2D eigenvalue weighted by atomic mass is 16.5. The zero-order valence-electron chi connectivity index (χ0n) is 13.7. The van der Waals surface area contributed by atoms with Gasteiger partial charge >= 0.3 is 5.69 Å². The zero-order valence-corrected chi connectivity index (χ0v) is 13.7. The third-order valence-electron chi connectivity index (χ3n) is 5.04. The quantitative estimate of drug-likeness (QED) is 0.944. The molecule has 4 rings (SSSR count). The maximum Gasteiger partial charge on any atom is 0.331 e. The Hall–Kier alpha value is -2.56. The molecule has 124 valence electrons. The second-order valence-corrected chi connectivity index (χ2v) is 6.36. The van der Waals surface area contributed by atoms with Crippen LogP contribution < -0.4 is 16.0 Å². The molecule has 0 radical (unpaired) electrons. The monoisotopic (exact) mass is 324 g/mol. The van der Waals surface area contributed by atoms with E-state index < -0.39 is 0 Å². The summed E-state index contributed by atoms with van der Waals surface area (Å²) in [4.78, 5) is 28.1. The summed E-state index contributed by atoms with van der Waals surface area (Å²) in [6.45, 7) is 2.40. The first-order valence-electron chi connectivity index (χ1n) is 8.50. The topological polar surface area (TPSA) is 64.1 Å². The molecule has 0 spiro atoms. The first kappa shape index (κ1) is 15.0. The van der Waals surface area contributed by atoms with Crippen molar-refractivity contribution in [2.75, 3.05) is 6.61 Å². The molecule has 2 aliphatic rings. The molecule has 0 bridgehead atoms. The van der Waals surface area contributed by atoms with Crippen LogP contribution >= 0.6 is 0 Å². The molecule has 24 heavy (non-hydrogen) atoms. The number of rotatable bonds is 3. The van der Waals surface area contributed by atoms with Gasteiger partial charge in [0, 0.05) is 11.6 Å². The fourth-order valence-corrected chi connectivity index (χ4v) is 3.55. The lowest BCUT2D eigenvalue weighted by Crippen LogP contribution is -2.42. The van der Waals surface area contributed by atoms with E-state index in [-0.39, 0.29) is 17.3 Å². The highest BCUT2D eigenvalue weighted by molar-refractivity contribution is 5.93. The molecule has 1 N–H and O–H groups in total. The van der Waals surface area contributed by atoms with Gasteiger partial charge in [0.2, 0.25) is 5.88 Å². The van der Waals surface area contributed by atoms with Crippen LogP contribution in [0.15, 0.2) is 39.9 Å². The minimum atomic E-state index is -0.359. The van der Waals surface area contributed by atoms with E-state index in [9.17, 15) is 9.59 Å². The fraction of sp³-hybridized carbons (Fsp3) is 0.368. The molecule has 5 heteroatoms. The molecule has 1 aromatic carbocycles. The molecule has 0 amide bonds. The van der Waals surface area contributed by atoms with Crippen molar-refractivity contribution in [1.29, 1.82) is 0 Å². The van der Waals surface area contributed by atoms with Gasteiger partial charge in [-0.3, -0.25) is 14.3 Å². The summed E-state index contributed by atoms with van der Waals surface area (Å²) in [6, 6.07) is 9.99. The van der Waals surface area contributed by atoms with E-state index in [2.05, 4.69) is 4.98 Å². The number of aromatic amines is 1. The maximum atomic E-state index is 13.0. The predicted octanol–water partition coefficient (Wildman–Crippen LogP) is 2.97. The van der Waals surface area contributed by atoms with E-state index in [0.29, 0.717) is 24.5 Å². The molecule has 1 saturated carbocycles. The number of H-pyrrole nitrogens is 1. The highest BCUT2D eigenvalue weighted by Gasteiger charge is 2.30. The van der Waals surface area contributed by atoms with Crippen LogP contribution in [0.3, 0.4) is 0 Å². The Balaban J connectivity index is 1.95. The molecule has 0 saturated heterocycles. The van der Waals surface area contributed by atoms with Crippen LogP contribution in [0.25, 0.3) is 11.1 Å². The van der Waals surface area contributed by atoms with Crippen molar-refractivity contribution in [3.05, 3.63) is 62.3 Å². The molecular weight excluding hydrogens is 304 g/mol. The Morgan fingerprint density at radius 2 is 1.96 bits per heavy atom. The standard InChI is InChI=1S/C19H20N2O3/c1-2-14-15(12-7-4-3-5-8-12)11-24-17-16(14)18(22)21(19(23)20-17)13-9-6-10-13/h3-5,7-8,13H,2,6,9-11H2,1H3,(H,20,23). The molecule has 1 aromatic heterocycles. The van der Waals surface area contributed by atoms with Gasteiger partial charge in [-0.25, -0.2) is 4.79 Å².